The molecule has 4 aromatic rings. The van der Waals surface area contributed by atoms with E-state index >= 15 is 0 Å². The van der Waals surface area contributed by atoms with Crippen molar-refractivity contribution in [2.75, 3.05) is 20.3 Å². The first-order valence-electron chi connectivity index (χ1n) is 11.1. The number of H-pyrrole nitrogens is 1. The van der Waals surface area contributed by atoms with Gasteiger partial charge in [-0.1, -0.05) is 12.1 Å². The normalized spacial score (nSPS) is 12.4. The Morgan fingerprint density at radius 1 is 1.31 bits per heavy atom. The molecule has 0 spiro atoms. The van der Waals surface area contributed by atoms with Gasteiger partial charge in [-0.05, 0) is 23.8 Å². The van der Waals surface area contributed by atoms with Crippen molar-refractivity contribution in [2.45, 2.75) is 23.5 Å². The lowest BCUT2D eigenvalue weighted by Gasteiger charge is -2.16. The molecule has 0 fully saturated rings. The Kier molecular flexibility index (Phi) is 9.35. The first-order valence-corrected chi connectivity index (χ1v) is 12.5. The van der Waals surface area contributed by atoms with Crippen molar-refractivity contribution in [3.8, 4) is 17.3 Å². The lowest BCUT2D eigenvalue weighted by atomic mass is 10.0. The predicted molar refractivity (Wildman–Crippen MR) is 131 cm³/mol. The number of methoxy groups -OCH3 is 1. The SMILES string of the molecule is COCCNS(=O)(=O)c1cccc(C(CC#N)n2cc(-c3ncnc4[nH]ccc34)cn2)c1.O=C(O)C(F)(F)F. The molecule has 0 radical (unpaired) electrons. The number of nitrogens with zero attached hydrogens (tertiary/aromatic N) is 5. The average molecular weight is 566 g/mol. The van der Waals surface area contributed by atoms with E-state index in [0.717, 1.165) is 22.3 Å². The van der Waals surface area contributed by atoms with Crippen LogP contribution in [0.2, 0.25) is 0 Å². The number of ether oxygens (including phenoxy) is 1. The molecule has 12 nitrogen and oxygen atoms in total. The fourth-order valence-corrected chi connectivity index (χ4v) is 4.50. The minimum Gasteiger partial charge on any atom is -0.475 e. The highest BCUT2D eigenvalue weighted by atomic mass is 32.2. The summed E-state index contributed by atoms with van der Waals surface area (Å²) >= 11 is 0. The van der Waals surface area contributed by atoms with Crippen molar-refractivity contribution in [2.24, 2.45) is 0 Å². The maximum absolute atomic E-state index is 12.6. The Labute approximate surface area is 220 Å². The first-order chi connectivity index (χ1) is 18.5. The standard InChI is InChI=1S/C21H21N7O3S.C2HF3O2/c1-31-10-9-27-32(29,30)17-4-2-3-15(11-17)19(5-7-22)28-13-16(12-26-28)20-18-6-8-23-21(18)25-14-24-20;3-2(4,5)1(6)7/h2-4,6,8,11-14,19,27H,5,9-10H2,1H3,(H,23,24,25);(H,6,7). The average Bonchev–Trinajstić information content (AvgIpc) is 3.57. The summed E-state index contributed by atoms with van der Waals surface area (Å²) in [6, 6.07) is 10.1. The second-order valence-electron chi connectivity index (χ2n) is 7.82. The van der Waals surface area contributed by atoms with Gasteiger partial charge >= 0.3 is 12.1 Å². The summed E-state index contributed by atoms with van der Waals surface area (Å²) in [6.45, 7) is 0.434. The fourth-order valence-electron chi connectivity index (χ4n) is 3.43. The van der Waals surface area contributed by atoms with Gasteiger partial charge in [-0.3, -0.25) is 4.68 Å². The van der Waals surface area contributed by atoms with Crippen LogP contribution in [0.3, 0.4) is 0 Å². The number of carboxylic acid groups (broad SMARTS) is 1. The van der Waals surface area contributed by atoms with E-state index in [2.05, 4.69) is 30.8 Å². The molecular weight excluding hydrogens is 543 g/mol. The third kappa shape index (κ3) is 7.37. The van der Waals surface area contributed by atoms with Gasteiger partial charge in [-0.2, -0.15) is 23.5 Å². The van der Waals surface area contributed by atoms with Crippen LogP contribution in [-0.4, -0.2) is 70.7 Å². The zero-order valence-electron chi connectivity index (χ0n) is 20.3. The van der Waals surface area contributed by atoms with E-state index in [0.29, 0.717) is 5.56 Å². The molecule has 206 valence electrons. The number of aliphatic carboxylic acids is 1. The fraction of sp³-hybridized carbons (Fsp3) is 0.261. The minimum absolute atomic E-state index is 0.116. The van der Waals surface area contributed by atoms with Crippen molar-refractivity contribution in [3.63, 3.8) is 0 Å². The van der Waals surface area contributed by atoms with Crippen LogP contribution in [0, 0.1) is 11.3 Å². The predicted octanol–water partition coefficient (Wildman–Crippen LogP) is 2.88. The number of aromatic nitrogens is 5. The number of carbonyl (C=O) groups is 1. The number of carboxylic acids is 1. The number of halogens is 3. The van der Waals surface area contributed by atoms with E-state index in [-0.39, 0.29) is 24.5 Å². The van der Waals surface area contributed by atoms with Gasteiger partial charge in [0.05, 0.1) is 41.9 Å². The van der Waals surface area contributed by atoms with Crippen molar-refractivity contribution < 1.29 is 36.2 Å². The van der Waals surface area contributed by atoms with Crippen LogP contribution in [0.5, 0.6) is 0 Å². The third-order valence-corrected chi connectivity index (χ3v) is 6.69. The number of fused-ring (bicyclic) bond motifs is 1. The number of rotatable bonds is 9. The quantitative estimate of drug-likeness (QED) is 0.258. The van der Waals surface area contributed by atoms with Crippen LogP contribution in [0.1, 0.15) is 18.0 Å². The third-order valence-electron chi connectivity index (χ3n) is 5.23. The smallest absolute Gasteiger partial charge is 0.475 e. The molecule has 3 heterocycles. The van der Waals surface area contributed by atoms with E-state index in [4.69, 9.17) is 14.6 Å². The van der Waals surface area contributed by atoms with Crippen molar-refractivity contribution >= 4 is 27.0 Å². The highest BCUT2D eigenvalue weighted by Crippen LogP contribution is 2.28. The number of nitrogens with one attached hydrogen (secondary N) is 2. The zero-order valence-corrected chi connectivity index (χ0v) is 21.1. The number of aromatic amines is 1. The molecule has 1 aromatic carbocycles. The van der Waals surface area contributed by atoms with E-state index in [1.54, 1.807) is 41.5 Å². The molecule has 1 unspecified atom stereocenters. The van der Waals surface area contributed by atoms with Crippen LogP contribution in [-0.2, 0) is 19.6 Å². The zero-order chi connectivity index (χ0) is 28.6. The van der Waals surface area contributed by atoms with Crippen LogP contribution in [0.15, 0.2) is 60.1 Å². The van der Waals surface area contributed by atoms with E-state index < -0.39 is 28.2 Å². The maximum atomic E-state index is 12.6. The molecule has 0 aliphatic rings. The lowest BCUT2D eigenvalue weighted by molar-refractivity contribution is -0.192. The Morgan fingerprint density at radius 3 is 2.72 bits per heavy atom. The number of nitriles is 1. The van der Waals surface area contributed by atoms with Gasteiger partial charge in [0.2, 0.25) is 10.0 Å². The van der Waals surface area contributed by atoms with Gasteiger partial charge in [-0.15, -0.1) is 0 Å². The largest absolute Gasteiger partial charge is 0.490 e. The van der Waals surface area contributed by atoms with Crippen LogP contribution in [0.4, 0.5) is 13.2 Å². The molecule has 3 N–H and O–H groups in total. The van der Waals surface area contributed by atoms with Crippen molar-refractivity contribution in [1.29, 1.82) is 5.26 Å². The summed E-state index contributed by atoms with van der Waals surface area (Å²) in [5, 5.41) is 21.8. The van der Waals surface area contributed by atoms with Crippen LogP contribution < -0.4 is 4.72 Å². The Hall–Kier alpha value is -4.33. The van der Waals surface area contributed by atoms with Crippen LogP contribution >= 0.6 is 0 Å². The molecule has 0 amide bonds. The van der Waals surface area contributed by atoms with Crippen LogP contribution in [0.25, 0.3) is 22.3 Å². The molecule has 39 heavy (non-hydrogen) atoms. The summed E-state index contributed by atoms with van der Waals surface area (Å²) in [4.78, 5) is 20.6. The monoisotopic (exact) mass is 565 g/mol. The van der Waals surface area contributed by atoms with E-state index in [1.165, 1.54) is 19.5 Å². The van der Waals surface area contributed by atoms with Gasteiger partial charge in [-0.25, -0.2) is 27.9 Å². The summed E-state index contributed by atoms with van der Waals surface area (Å²) in [5.41, 5.74) is 2.86. The van der Waals surface area contributed by atoms with E-state index in [9.17, 15) is 26.9 Å². The van der Waals surface area contributed by atoms with Gasteiger partial charge < -0.3 is 14.8 Å². The number of benzene rings is 1. The van der Waals surface area contributed by atoms with Gasteiger partial charge in [0, 0.05) is 37.0 Å². The summed E-state index contributed by atoms with van der Waals surface area (Å²) in [6.07, 6.45) is 1.77. The molecule has 1 atom stereocenters. The second kappa shape index (κ2) is 12.5. The molecule has 0 bridgehead atoms. The number of alkyl halides is 3. The number of sulfonamides is 1. The molecule has 0 saturated heterocycles. The Balaban J connectivity index is 0.000000532. The molecule has 16 heteroatoms. The highest BCUT2D eigenvalue weighted by molar-refractivity contribution is 7.89. The first kappa shape index (κ1) is 29.2. The molecule has 4 rings (SSSR count). The highest BCUT2D eigenvalue weighted by Gasteiger charge is 2.38. The molecule has 0 aliphatic heterocycles. The number of hydrogen-bond acceptors (Lipinski definition) is 8. The Bertz CT molecular complexity index is 1580. The lowest BCUT2D eigenvalue weighted by Crippen LogP contribution is -2.27. The second-order valence-corrected chi connectivity index (χ2v) is 9.58. The molecule has 0 saturated carbocycles. The molecule has 0 aliphatic carbocycles. The topological polar surface area (TPSA) is 176 Å². The van der Waals surface area contributed by atoms with Crippen molar-refractivity contribution in [1.82, 2.24) is 29.5 Å². The molecule has 3 aromatic heterocycles. The Morgan fingerprint density at radius 2 is 2.05 bits per heavy atom. The summed E-state index contributed by atoms with van der Waals surface area (Å²) in [5.74, 6) is -2.76. The minimum atomic E-state index is -5.08. The van der Waals surface area contributed by atoms with Gasteiger partial charge in [0.25, 0.3) is 0 Å². The van der Waals surface area contributed by atoms with Crippen molar-refractivity contribution in [3.05, 3.63) is 60.8 Å². The maximum Gasteiger partial charge on any atom is 0.490 e. The number of hydrogen-bond donors (Lipinski definition) is 3. The summed E-state index contributed by atoms with van der Waals surface area (Å²) < 4.78 is 66.0. The van der Waals surface area contributed by atoms with Gasteiger partial charge in [0.1, 0.15) is 12.0 Å². The molecular formula is C23H22F3N7O5S. The van der Waals surface area contributed by atoms with Gasteiger partial charge in [0.15, 0.2) is 0 Å². The van der Waals surface area contributed by atoms with E-state index in [1.807, 2.05) is 6.07 Å². The summed E-state index contributed by atoms with van der Waals surface area (Å²) in [7, 11) is -2.20.